The standard InChI is InChI=1S/C17H15ClFNO/c1-12-4-5-15(18)10-17(12)21-11-14-7-13(3-2-6-20)8-16(19)9-14/h4-5,7-10H,6,11,20H2,1H3. The summed E-state index contributed by atoms with van der Waals surface area (Å²) >= 11 is 5.94. The quantitative estimate of drug-likeness (QED) is 0.878. The Morgan fingerprint density at radius 1 is 1.24 bits per heavy atom. The van der Waals surface area contributed by atoms with E-state index in [1.54, 1.807) is 18.2 Å². The lowest BCUT2D eigenvalue weighted by molar-refractivity contribution is 0.303. The van der Waals surface area contributed by atoms with E-state index in [1.165, 1.54) is 12.1 Å². The highest BCUT2D eigenvalue weighted by molar-refractivity contribution is 6.30. The van der Waals surface area contributed by atoms with E-state index in [0.717, 1.165) is 5.56 Å². The molecule has 0 spiro atoms. The van der Waals surface area contributed by atoms with Gasteiger partial charge >= 0.3 is 0 Å². The Labute approximate surface area is 128 Å². The second-order valence-electron chi connectivity index (χ2n) is 4.55. The molecule has 0 saturated heterocycles. The minimum Gasteiger partial charge on any atom is -0.489 e. The van der Waals surface area contributed by atoms with Gasteiger partial charge in [-0.3, -0.25) is 0 Å². The monoisotopic (exact) mass is 303 g/mol. The molecule has 0 aromatic heterocycles. The summed E-state index contributed by atoms with van der Waals surface area (Å²) in [6.07, 6.45) is 0. The van der Waals surface area contributed by atoms with Crippen molar-refractivity contribution in [2.75, 3.05) is 6.54 Å². The van der Waals surface area contributed by atoms with Crippen LogP contribution in [0.25, 0.3) is 0 Å². The van der Waals surface area contributed by atoms with Gasteiger partial charge in [0, 0.05) is 10.6 Å². The van der Waals surface area contributed by atoms with Crippen molar-refractivity contribution < 1.29 is 9.13 Å². The lowest BCUT2D eigenvalue weighted by Gasteiger charge is -2.10. The van der Waals surface area contributed by atoms with Gasteiger partial charge in [0.15, 0.2) is 0 Å². The zero-order chi connectivity index (χ0) is 15.2. The minimum atomic E-state index is -0.347. The number of hydrogen-bond acceptors (Lipinski definition) is 2. The molecule has 0 aliphatic carbocycles. The third-order valence-electron chi connectivity index (χ3n) is 2.84. The maximum Gasteiger partial charge on any atom is 0.124 e. The summed E-state index contributed by atoms with van der Waals surface area (Å²) in [5, 5.41) is 0.601. The second-order valence-corrected chi connectivity index (χ2v) is 4.99. The van der Waals surface area contributed by atoms with E-state index in [2.05, 4.69) is 11.8 Å². The zero-order valence-corrected chi connectivity index (χ0v) is 12.4. The van der Waals surface area contributed by atoms with Gasteiger partial charge in [-0.25, -0.2) is 4.39 Å². The van der Waals surface area contributed by atoms with Gasteiger partial charge in [-0.05, 0) is 48.4 Å². The van der Waals surface area contributed by atoms with Crippen molar-refractivity contribution in [1.29, 1.82) is 0 Å². The third-order valence-corrected chi connectivity index (χ3v) is 3.07. The highest BCUT2D eigenvalue weighted by atomic mass is 35.5. The average Bonchev–Trinajstić information content (AvgIpc) is 2.45. The number of rotatable bonds is 3. The predicted molar refractivity (Wildman–Crippen MR) is 82.9 cm³/mol. The summed E-state index contributed by atoms with van der Waals surface area (Å²) in [6.45, 7) is 2.41. The van der Waals surface area contributed by atoms with Crippen molar-refractivity contribution in [2.45, 2.75) is 13.5 Å². The first-order chi connectivity index (χ1) is 10.1. The van der Waals surface area contributed by atoms with Crippen molar-refractivity contribution in [3.8, 4) is 17.6 Å². The Hall–Kier alpha value is -2.02. The topological polar surface area (TPSA) is 35.2 Å². The van der Waals surface area contributed by atoms with E-state index >= 15 is 0 Å². The van der Waals surface area contributed by atoms with Crippen molar-refractivity contribution in [1.82, 2.24) is 0 Å². The van der Waals surface area contributed by atoms with Crippen molar-refractivity contribution >= 4 is 11.6 Å². The van der Waals surface area contributed by atoms with E-state index < -0.39 is 0 Å². The zero-order valence-electron chi connectivity index (χ0n) is 11.6. The van der Waals surface area contributed by atoms with Crippen molar-refractivity contribution in [3.05, 3.63) is 63.9 Å². The Morgan fingerprint density at radius 2 is 2.05 bits per heavy atom. The van der Waals surface area contributed by atoms with Crippen LogP contribution in [0.1, 0.15) is 16.7 Å². The van der Waals surface area contributed by atoms with Crippen LogP contribution in [0.4, 0.5) is 4.39 Å². The molecule has 0 saturated carbocycles. The van der Waals surface area contributed by atoms with Gasteiger partial charge in [0.05, 0.1) is 6.54 Å². The minimum absolute atomic E-state index is 0.240. The Balaban J connectivity index is 2.16. The van der Waals surface area contributed by atoms with Gasteiger partial charge in [-0.2, -0.15) is 0 Å². The molecule has 2 aromatic carbocycles. The van der Waals surface area contributed by atoms with E-state index in [9.17, 15) is 4.39 Å². The Bertz CT molecular complexity index is 704. The molecule has 2 aromatic rings. The summed E-state index contributed by atoms with van der Waals surface area (Å²) < 4.78 is 19.2. The lowest BCUT2D eigenvalue weighted by Crippen LogP contribution is -1.99. The van der Waals surface area contributed by atoms with E-state index in [0.29, 0.717) is 21.9 Å². The molecule has 0 aliphatic heterocycles. The smallest absolute Gasteiger partial charge is 0.124 e. The summed E-state index contributed by atoms with van der Waals surface area (Å²) in [5.74, 6) is 5.85. The second kappa shape index (κ2) is 7.12. The first kappa shape index (κ1) is 15.4. The summed E-state index contributed by atoms with van der Waals surface area (Å²) in [6, 6.07) is 10.00. The van der Waals surface area contributed by atoms with E-state index in [1.807, 2.05) is 13.0 Å². The van der Waals surface area contributed by atoms with Crippen molar-refractivity contribution in [2.24, 2.45) is 5.73 Å². The van der Waals surface area contributed by atoms with Gasteiger partial charge in [0.25, 0.3) is 0 Å². The van der Waals surface area contributed by atoms with Crippen LogP contribution < -0.4 is 10.5 Å². The van der Waals surface area contributed by atoms with Gasteiger partial charge in [0.2, 0.25) is 0 Å². The molecule has 2 N–H and O–H groups in total. The molecular weight excluding hydrogens is 289 g/mol. The van der Waals surface area contributed by atoms with Crippen LogP contribution in [0.3, 0.4) is 0 Å². The molecule has 4 heteroatoms. The lowest BCUT2D eigenvalue weighted by atomic mass is 10.1. The number of nitrogens with two attached hydrogens (primary N) is 1. The van der Waals surface area contributed by atoms with E-state index in [-0.39, 0.29) is 19.0 Å². The number of aryl methyl sites for hydroxylation is 1. The molecule has 0 aliphatic rings. The number of hydrogen-bond donors (Lipinski definition) is 1. The van der Waals surface area contributed by atoms with Gasteiger partial charge < -0.3 is 10.5 Å². The largest absolute Gasteiger partial charge is 0.489 e. The average molecular weight is 304 g/mol. The summed E-state index contributed by atoms with van der Waals surface area (Å²) in [5.41, 5.74) is 7.57. The fraction of sp³-hybridized carbons (Fsp3) is 0.176. The first-order valence-corrected chi connectivity index (χ1v) is 6.83. The Kier molecular flexibility index (Phi) is 5.21. The summed E-state index contributed by atoms with van der Waals surface area (Å²) in [4.78, 5) is 0. The summed E-state index contributed by atoms with van der Waals surface area (Å²) in [7, 11) is 0. The van der Waals surface area contributed by atoms with Crippen LogP contribution in [0, 0.1) is 24.6 Å². The third kappa shape index (κ3) is 4.49. The highest BCUT2D eigenvalue weighted by Gasteiger charge is 2.04. The van der Waals surface area contributed by atoms with Gasteiger partial charge in [-0.15, -0.1) is 0 Å². The van der Waals surface area contributed by atoms with Crippen LogP contribution >= 0.6 is 11.6 Å². The molecule has 0 unspecified atom stereocenters. The van der Waals surface area contributed by atoms with Crippen LogP contribution in [-0.4, -0.2) is 6.54 Å². The SMILES string of the molecule is Cc1ccc(Cl)cc1OCc1cc(F)cc(C#CCN)c1. The first-order valence-electron chi connectivity index (χ1n) is 6.46. The fourth-order valence-electron chi connectivity index (χ4n) is 1.85. The van der Waals surface area contributed by atoms with Crippen LogP contribution in [0.15, 0.2) is 36.4 Å². The molecule has 108 valence electrons. The number of ether oxygens (including phenoxy) is 1. The van der Waals surface area contributed by atoms with Crippen LogP contribution in [0.2, 0.25) is 5.02 Å². The van der Waals surface area contributed by atoms with Crippen molar-refractivity contribution in [3.63, 3.8) is 0 Å². The molecule has 0 amide bonds. The molecule has 2 nitrogen and oxygen atoms in total. The van der Waals surface area contributed by atoms with E-state index in [4.69, 9.17) is 22.1 Å². The molecule has 0 bridgehead atoms. The predicted octanol–water partition coefficient (Wildman–Crippen LogP) is 3.68. The molecule has 0 heterocycles. The molecule has 0 fully saturated rings. The van der Waals surface area contributed by atoms with Gasteiger partial charge in [-0.1, -0.05) is 29.5 Å². The fourth-order valence-corrected chi connectivity index (χ4v) is 2.01. The maximum atomic E-state index is 13.5. The molecule has 21 heavy (non-hydrogen) atoms. The number of halogens is 2. The Morgan fingerprint density at radius 3 is 2.81 bits per heavy atom. The van der Waals surface area contributed by atoms with Crippen LogP contribution in [-0.2, 0) is 6.61 Å². The maximum absolute atomic E-state index is 13.5. The molecule has 0 atom stereocenters. The molecular formula is C17H15ClFNO. The molecule has 0 radical (unpaired) electrons. The normalized spacial score (nSPS) is 9.90. The van der Waals surface area contributed by atoms with Gasteiger partial charge in [0.1, 0.15) is 18.2 Å². The molecule has 2 rings (SSSR count). The highest BCUT2D eigenvalue weighted by Crippen LogP contribution is 2.23. The van der Waals surface area contributed by atoms with Crippen LogP contribution in [0.5, 0.6) is 5.75 Å². The number of benzene rings is 2.